The van der Waals surface area contributed by atoms with Gasteiger partial charge >= 0.3 is 0 Å². The molecule has 2 rings (SSSR count). The van der Waals surface area contributed by atoms with Crippen LogP contribution in [-0.4, -0.2) is 21.9 Å². The number of nitrogens with one attached hydrogen (secondary N) is 1. The molecule has 1 unspecified atom stereocenters. The van der Waals surface area contributed by atoms with E-state index in [9.17, 15) is 4.79 Å². The van der Waals surface area contributed by atoms with E-state index in [1.54, 1.807) is 0 Å². The lowest BCUT2D eigenvalue weighted by molar-refractivity contribution is 0.0943. The molecule has 1 N–H and O–H groups in total. The van der Waals surface area contributed by atoms with E-state index in [0.29, 0.717) is 0 Å². The van der Waals surface area contributed by atoms with Crippen molar-refractivity contribution in [1.29, 1.82) is 0 Å². The van der Waals surface area contributed by atoms with Gasteiger partial charge in [-0.15, -0.1) is 11.3 Å². The van der Waals surface area contributed by atoms with E-state index in [1.165, 1.54) is 11.3 Å². The molecule has 4 nitrogen and oxygen atoms in total. The Hall–Kier alpha value is -1.49. The molecular formula is C17H25N3OS. The zero-order valence-corrected chi connectivity index (χ0v) is 15.3. The number of carbonyl (C=O) groups is 1. The summed E-state index contributed by atoms with van der Waals surface area (Å²) in [4.78, 5) is 23.4. The fourth-order valence-electron chi connectivity index (χ4n) is 2.28. The molecule has 0 aliphatic heterocycles. The maximum absolute atomic E-state index is 12.4. The van der Waals surface area contributed by atoms with Gasteiger partial charge in [-0.3, -0.25) is 4.79 Å². The SMILES string of the molecule is CCC(C)NC(=O)c1sc2nc(C(C)(C)C)nc(C)c2c1C. The number of thiophene rings is 1. The lowest BCUT2D eigenvalue weighted by atomic mass is 9.95. The van der Waals surface area contributed by atoms with Crippen molar-refractivity contribution < 1.29 is 4.79 Å². The van der Waals surface area contributed by atoms with E-state index in [1.807, 2.05) is 20.8 Å². The van der Waals surface area contributed by atoms with Crippen LogP contribution in [0, 0.1) is 13.8 Å². The molecule has 1 amide bonds. The molecule has 0 radical (unpaired) electrons. The lowest BCUT2D eigenvalue weighted by Gasteiger charge is -2.16. The number of aryl methyl sites for hydroxylation is 2. The van der Waals surface area contributed by atoms with Gasteiger partial charge in [0.2, 0.25) is 0 Å². The number of fused-ring (bicyclic) bond motifs is 1. The Kier molecular flexibility index (Phi) is 4.57. The monoisotopic (exact) mass is 319 g/mol. The molecule has 0 fully saturated rings. The largest absolute Gasteiger partial charge is 0.349 e. The first-order valence-corrected chi connectivity index (χ1v) is 8.55. The minimum absolute atomic E-state index is 0.00782. The van der Waals surface area contributed by atoms with Crippen molar-refractivity contribution in [2.45, 2.75) is 66.3 Å². The lowest BCUT2D eigenvalue weighted by Crippen LogP contribution is -2.31. The highest BCUT2D eigenvalue weighted by atomic mass is 32.1. The molecule has 2 heterocycles. The normalized spacial score (nSPS) is 13.4. The van der Waals surface area contributed by atoms with Crippen molar-refractivity contribution in [1.82, 2.24) is 15.3 Å². The number of carbonyl (C=O) groups excluding carboxylic acids is 1. The van der Waals surface area contributed by atoms with Gasteiger partial charge in [0.15, 0.2) is 0 Å². The number of nitrogens with zero attached hydrogens (tertiary/aromatic N) is 2. The van der Waals surface area contributed by atoms with Gasteiger partial charge in [0.25, 0.3) is 5.91 Å². The van der Waals surface area contributed by atoms with E-state index in [0.717, 1.165) is 38.6 Å². The fraction of sp³-hybridized carbons (Fsp3) is 0.588. The molecule has 0 saturated heterocycles. The molecule has 2 aromatic rings. The third kappa shape index (κ3) is 3.14. The zero-order chi connectivity index (χ0) is 16.7. The Morgan fingerprint density at radius 3 is 2.45 bits per heavy atom. The van der Waals surface area contributed by atoms with Crippen LogP contribution in [0.1, 0.15) is 67.8 Å². The standard InChI is InChI=1S/C17H25N3OS/c1-8-9(2)18-14(21)13-10(3)12-11(4)19-16(17(5,6)7)20-15(12)22-13/h9H,8H2,1-7H3,(H,18,21). The minimum atomic E-state index is -0.101. The first-order chi connectivity index (χ1) is 10.1. The van der Waals surface area contributed by atoms with Crippen LogP contribution >= 0.6 is 11.3 Å². The van der Waals surface area contributed by atoms with Crippen LogP contribution in [0.4, 0.5) is 0 Å². The average molecular weight is 319 g/mol. The summed E-state index contributed by atoms with van der Waals surface area (Å²) in [6.45, 7) is 14.4. The van der Waals surface area contributed by atoms with Crippen LogP contribution in [-0.2, 0) is 5.41 Å². The first kappa shape index (κ1) is 16.9. The third-order valence-corrected chi connectivity index (χ3v) is 5.02. The van der Waals surface area contributed by atoms with Gasteiger partial charge in [-0.05, 0) is 32.8 Å². The Morgan fingerprint density at radius 1 is 1.27 bits per heavy atom. The van der Waals surface area contributed by atoms with Crippen molar-refractivity contribution in [3.8, 4) is 0 Å². The average Bonchev–Trinajstić information content (AvgIpc) is 2.75. The van der Waals surface area contributed by atoms with Gasteiger partial charge in [-0.1, -0.05) is 27.7 Å². The maximum Gasteiger partial charge on any atom is 0.261 e. The second-order valence-electron chi connectivity index (χ2n) is 6.90. The topological polar surface area (TPSA) is 54.9 Å². The van der Waals surface area contributed by atoms with Crippen molar-refractivity contribution in [2.75, 3.05) is 0 Å². The smallest absolute Gasteiger partial charge is 0.261 e. The molecule has 0 bridgehead atoms. The molecule has 0 saturated carbocycles. The highest BCUT2D eigenvalue weighted by Crippen LogP contribution is 2.33. The molecule has 0 spiro atoms. The molecule has 22 heavy (non-hydrogen) atoms. The highest BCUT2D eigenvalue weighted by Gasteiger charge is 2.23. The second-order valence-corrected chi connectivity index (χ2v) is 7.90. The van der Waals surface area contributed by atoms with Crippen molar-refractivity contribution >= 4 is 27.5 Å². The van der Waals surface area contributed by atoms with Crippen LogP contribution in [0.2, 0.25) is 0 Å². The minimum Gasteiger partial charge on any atom is -0.349 e. The molecule has 0 aliphatic rings. The summed E-state index contributed by atoms with van der Waals surface area (Å²) in [6, 6.07) is 0.175. The Bertz CT molecular complexity index is 713. The van der Waals surface area contributed by atoms with Crippen LogP contribution in [0.25, 0.3) is 10.2 Å². The summed E-state index contributed by atoms with van der Waals surface area (Å²) in [7, 11) is 0. The van der Waals surface area contributed by atoms with E-state index >= 15 is 0 Å². The number of amides is 1. The summed E-state index contributed by atoms with van der Waals surface area (Å²) >= 11 is 1.47. The van der Waals surface area contributed by atoms with Gasteiger partial charge in [0, 0.05) is 16.8 Å². The molecule has 5 heteroatoms. The quantitative estimate of drug-likeness (QED) is 0.925. The summed E-state index contributed by atoms with van der Waals surface area (Å²) in [5.41, 5.74) is 1.83. The molecule has 0 aliphatic carbocycles. The Balaban J connectivity index is 2.53. The summed E-state index contributed by atoms with van der Waals surface area (Å²) in [6.07, 6.45) is 0.919. The molecule has 1 atom stereocenters. The van der Waals surface area contributed by atoms with Crippen molar-refractivity contribution in [3.63, 3.8) is 0 Å². The van der Waals surface area contributed by atoms with Gasteiger partial charge < -0.3 is 5.32 Å². The van der Waals surface area contributed by atoms with E-state index in [4.69, 9.17) is 4.98 Å². The van der Waals surface area contributed by atoms with Crippen LogP contribution in [0.3, 0.4) is 0 Å². The molecule has 0 aromatic carbocycles. The fourth-order valence-corrected chi connectivity index (χ4v) is 3.42. The zero-order valence-electron chi connectivity index (χ0n) is 14.5. The molecule has 120 valence electrons. The van der Waals surface area contributed by atoms with Gasteiger partial charge in [-0.2, -0.15) is 0 Å². The first-order valence-electron chi connectivity index (χ1n) is 7.74. The molecular weight excluding hydrogens is 294 g/mol. The van der Waals surface area contributed by atoms with E-state index < -0.39 is 0 Å². The number of rotatable bonds is 3. The van der Waals surface area contributed by atoms with Gasteiger partial charge in [-0.25, -0.2) is 9.97 Å². The van der Waals surface area contributed by atoms with Crippen molar-refractivity contribution in [2.24, 2.45) is 0 Å². The van der Waals surface area contributed by atoms with Crippen LogP contribution in [0.15, 0.2) is 0 Å². The second kappa shape index (κ2) is 5.95. The van der Waals surface area contributed by atoms with E-state index in [2.05, 4.69) is 38.0 Å². The Morgan fingerprint density at radius 2 is 1.91 bits per heavy atom. The summed E-state index contributed by atoms with van der Waals surface area (Å²) in [5.74, 6) is 0.819. The number of hydrogen-bond donors (Lipinski definition) is 1. The Labute approximate surface area is 136 Å². The predicted molar refractivity (Wildman–Crippen MR) is 92.8 cm³/mol. The summed E-state index contributed by atoms with van der Waals surface area (Å²) in [5, 5.41) is 4.06. The van der Waals surface area contributed by atoms with Gasteiger partial charge in [0.05, 0.1) is 10.6 Å². The van der Waals surface area contributed by atoms with Gasteiger partial charge in [0.1, 0.15) is 10.7 Å². The third-order valence-electron chi connectivity index (χ3n) is 3.84. The highest BCUT2D eigenvalue weighted by molar-refractivity contribution is 7.20. The maximum atomic E-state index is 12.4. The van der Waals surface area contributed by atoms with Crippen LogP contribution < -0.4 is 5.32 Å². The number of aromatic nitrogens is 2. The van der Waals surface area contributed by atoms with Crippen LogP contribution in [0.5, 0.6) is 0 Å². The van der Waals surface area contributed by atoms with E-state index in [-0.39, 0.29) is 17.4 Å². The number of hydrogen-bond acceptors (Lipinski definition) is 4. The predicted octanol–water partition coefficient (Wildman–Crippen LogP) is 4.13. The summed E-state index contributed by atoms with van der Waals surface area (Å²) < 4.78 is 0. The van der Waals surface area contributed by atoms with Crippen molar-refractivity contribution in [3.05, 3.63) is 22.0 Å². The molecule has 2 aromatic heterocycles.